The molecule has 0 aliphatic carbocycles. The Bertz CT molecular complexity index is 917. The summed E-state index contributed by atoms with van der Waals surface area (Å²) in [5, 5.41) is 0. The van der Waals surface area contributed by atoms with Crippen molar-refractivity contribution in [2.24, 2.45) is 0 Å². The van der Waals surface area contributed by atoms with Gasteiger partial charge in [-0.1, -0.05) is 17.7 Å². The Balaban J connectivity index is 0.000000658. The first-order valence-electron chi connectivity index (χ1n) is 11.6. The molecule has 1 aromatic rings. The summed E-state index contributed by atoms with van der Waals surface area (Å²) in [7, 11) is -8.62. The minimum absolute atomic E-state index is 0.641. The number of alkyl halides is 3. The van der Waals surface area contributed by atoms with Gasteiger partial charge in [-0.25, -0.2) is 13.0 Å². The molecule has 0 amide bonds. The zero-order valence-corrected chi connectivity index (χ0v) is 23.1. The van der Waals surface area contributed by atoms with Crippen molar-refractivity contribution >= 4 is 30.9 Å². The molecule has 0 radical (unpaired) electrons. The Kier molecular flexibility index (Phi) is 12.3. The van der Waals surface area contributed by atoms with E-state index in [4.69, 9.17) is 26.2 Å². The highest BCUT2D eigenvalue weighted by Crippen LogP contribution is 2.26. The second-order valence-corrected chi connectivity index (χ2v) is 12.2. The fraction of sp³-hybridized carbons (Fsp3) is 0.682. The van der Waals surface area contributed by atoms with E-state index in [0.717, 1.165) is 32.1 Å². The maximum atomic E-state index is 10.7. The summed E-state index contributed by atoms with van der Waals surface area (Å²) >= 11 is 0. The first-order chi connectivity index (χ1) is 16.2. The Morgan fingerprint density at radius 2 is 1.49 bits per heavy atom. The van der Waals surface area contributed by atoms with E-state index in [9.17, 15) is 13.2 Å². The molecule has 2 rings (SSSR count). The van der Waals surface area contributed by atoms with Crippen LogP contribution in [0.4, 0.5) is 18.9 Å². The third kappa shape index (κ3) is 9.81. The number of rotatable bonds is 11. The molecule has 1 aliphatic heterocycles. The Morgan fingerprint density at radius 1 is 1.03 bits per heavy atom. The lowest BCUT2D eigenvalue weighted by Gasteiger charge is -2.28. The van der Waals surface area contributed by atoms with E-state index >= 15 is 0 Å². The van der Waals surface area contributed by atoms with Crippen molar-refractivity contribution in [3.8, 4) is 0 Å². The molecule has 0 saturated carbocycles. The van der Waals surface area contributed by atoms with E-state index in [2.05, 4.69) is 48.7 Å². The molecule has 8 nitrogen and oxygen atoms in total. The number of aryl methyl sites for hydroxylation is 3. The summed E-state index contributed by atoms with van der Waals surface area (Å²) in [6.45, 7) is 17.6. The normalized spacial score (nSPS) is 14.6. The summed E-state index contributed by atoms with van der Waals surface area (Å²) in [6, 6.07) is 5.41. The van der Waals surface area contributed by atoms with Crippen molar-refractivity contribution in [1.82, 2.24) is 4.90 Å². The fourth-order valence-electron chi connectivity index (χ4n) is 4.01. The lowest BCUT2D eigenvalue weighted by molar-refractivity contribution is -0.425. The first-order valence-corrected chi connectivity index (χ1v) is 14.9. The lowest BCUT2D eigenvalue weighted by atomic mass is 10.0. The highest BCUT2D eigenvalue weighted by atomic mass is 32.2. The average molecular weight is 543 g/mol. The van der Waals surface area contributed by atoms with Crippen LogP contribution in [-0.2, 0) is 23.4 Å². The minimum Gasteiger partial charge on any atom is -0.741 e. The fourth-order valence-corrected chi connectivity index (χ4v) is 6.61. The Labute approximate surface area is 207 Å². The SMILES string of the molecule is CCO[Si](CCCN1C=[N+](c2c(C)cc(C)cc2C)CC1)(OCC)OCC.O=S(=O)([O-])C(F)(F)F. The highest BCUT2D eigenvalue weighted by Gasteiger charge is 2.40. The predicted molar refractivity (Wildman–Crippen MR) is 129 cm³/mol. The lowest BCUT2D eigenvalue weighted by Crippen LogP contribution is -2.46. The predicted octanol–water partition coefficient (Wildman–Crippen LogP) is 4.09. The van der Waals surface area contributed by atoms with Gasteiger partial charge in [-0.3, -0.25) is 4.90 Å². The monoisotopic (exact) mass is 542 g/mol. The van der Waals surface area contributed by atoms with Gasteiger partial charge in [0.1, 0.15) is 18.8 Å². The van der Waals surface area contributed by atoms with Crippen molar-refractivity contribution < 1.29 is 44.0 Å². The molecule has 0 unspecified atom stereocenters. The van der Waals surface area contributed by atoms with Crippen LogP contribution < -0.4 is 0 Å². The molecule has 0 aromatic heterocycles. The molecule has 35 heavy (non-hydrogen) atoms. The van der Waals surface area contributed by atoms with Gasteiger partial charge in [0.15, 0.2) is 10.1 Å². The van der Waals surface area contributed by atoms with Crippen molar-refractivity contribution in [1.29, 1.82) is 0 Å². The van der Waals surface area contributed by atoms with Crippen LogP contribution in [0, 0.1) is 20.8 Å². The molecule has 0 bridgehead atoms. The molecule has 0 saturated heterocycles. The summed E-state index contributed by atoms with van der Waals surface area (Å²) in [5.41, 5.74) is -0.270. The third-order valence-electron chi connectivity index (χ3n) is 5.16. The van der Waals surface area contributed by atoms with Gasteiger partial charge in [0.25, 0.3) is 0 Å². The van der Waals surface area contributed by atoms with Gasteiger partial charge in [-0.2, -0.15) is 13.2 Å². The van der Waals surface area contributed by atoms with Crippen LogP contribution in [0.15, 0.2) is 12.1 Å². The second-order valence-electron chi connectivity index (χ2n) is 8.08. The standard InChI is InChI=1S/C21H37N2O3Si.CHF3O3S/c1-7-24-27(25-8-2,26-9-3)14-10-11-22-12-13-23(17-22)21-19(5)15-18(4)16-20(21)6;2-1(3,4)8(5,6)7/h15-17H,7-14H2,1-6H3;(H,5,6,7)/q+1;/p-1. The van der Waals surface area contributed by atoms with Gasteiger partial charge in [-0.15, -0.1) is 0 Å². The molecule has 0 spiro atoms. The maximum absolute atomic E-state index is 10.7. The summed E-state index contributed by atoms with van der Waals surface area (Å²) in [4.78, 5) is 2.40. The smallest absolute Gasteiger partial charge is 0.501 e. The molecule has 1 aromatic carbocycles. The molecule has 202 valence electrons. The van der Waals surface area contributed by atoms with Crippen molar-refractivity contribution in [3.63, 3.8) is 0 Å². The number of hydrogen-bond donors (Lipinski definition) is 0. The van der Waals surface area contributed by atoms with Crippen LogP contribution >= 0.6 is 0 Å². The van der Waals surface area contributed by atoms with Crippen molar-refractivity contribution in [3.05, 3.63) is 28.8 Å². The minimum atomic E-state index is -6.09. The van der Waals surface area contributed by atoms with E-state index in [0.29, 0.717) is 19.8 Å². The number of halogens is 3. The molecule has 13 heteroatoms. The number of hydrogen-bond acceptors (Lipinski definition) is 7. The topological polar surface area (TPSA) is 91.1 Å². The van der Waals surface area contributed by atoms with Crippen molar-refractivity contribution in [2.45, 2.75) is 59.5 Å². The Hall–Kier alpha value is -1.51. The van der Waals surface area contributed by atoms with Gasteiger partial charge in [-0.05, 0) is 59.1 Å². The average Bonchev–Trinajstić information content (AvgIpc) is 3.15. The van der Waals surface area contributed by atoms with Crippen LogP contribution in [0.3, 0.4) is 0 Å². The molecule has 0 fully saturated rings. The van der Waals surface area contributed by atoms with Crippen LogP contribution in [0.25, 0.3) is 0 Å². The van der Waals surface area contributed by atoms with Crippen LogP contribution in [0.5, 0.6) is 0 Å². The van der Waals surface area contributed by atoms with Crippen LogP contribution in [0.1, 0.15) is 43.9 Å². The van der Waals surface area contributed by atoms with Crippen LogP contribution in [0.2, 0.25) is 6.04 Å². The third-order valence-corrected chi connectivity index (χ3v) is 8.88. The number of nitrogens with zero attached hydrogens (tertiary/aromatic N) is 2. The number of benzene rings is 1. The molecular formula is C22H37F3N2O6SSi. The zero-order valence-electron chi connectivity index (χ0n) is 21.3. The van der Waals surface area contributed by atoms with Gasteiger partial charge >= 0.3 is 14.3 Å². The highest BCUT2D eigenvalue weighted by molar-refractivity contribution is 7.86. The van der Waals surface area contributed by atoms with Gasteiger partial charge in [0.2, 0.25) is 6.34 Å². The molecule has 0 atom stereocenters. The summed E-state index contributed by atoms with van der Waals surface area (Å²) < 4.78 is 79.2. The molecule has 1 heterocycles. The van der Waals surface area contributed by atoms with E-state index in [1.807, 2.05) is 20.8 Å². The second kappa shape index (κ2) is 13.7. The summed E-state index contributed by atoms with van der Waals surface area (Å²) in [6.07, 6.45) is 3.29. The largest absolute Gasteiger partial charge is 0.741 e. The maximum Gasteiger partial charge on any atom is 0.501 e. The Morgan fingerprint density at radius 3 is 1.89 bits per heavy atom. The van der Waals surface area contributed by atoms with Gasteiger partial charge in [0.05, 0.1) is 6.54 Å². The van der Waals surface area contributed by atoms with E-state index in [-0.39, 0.29) is 0 Å². The van der Waals surface area contributed by atoms with E-state index < -0.39 is 24.4 Å². The van der Waals surface area contributed by atoms with Crippen LogP contribution in [-0.4, -0.2) is 82.6 Å². The zero-order chi connectivity index (χ0) is 26.9. The van der Waals surface area contributed by atoms with E-state index in [1.165, 1.54) is 22.4 Å². The molecular weight excluding hydrogens is 505 g/mol. The summed E-state index contributed by atoms with van der Waals surface area (Å²) in [5.74, 6) is 0. The molecule has 1 aliphatic rings. The molecule has 0 N–H and O–H groups in total. The quantitative estimate of drug-likeness (QED) is 0.180. The first kappa shape index (κ1) is 31.5. The van der Waals surface area contributed by atoms with Crippen molar-refractivity contribution in [2.75, 3.05) is 39.5 Å². The van der Waals surface area contributed by atoms with Gasteiger partial charge < -0.3 is 17.8 Å². The van der Waals surface area contributed by atoms with Gasteiger partial charge in [0, 0.05) is 25.9 Å². The van der Waals surface area contributed by atoms with E-state index in [1.54, 1.807) is 0 Å².